The lowest BCUT2D eigenvalue weighted by molar-refractivity contribution is -0.116. The molecule has 0 spiro atoms. The molecule has 1 aromatic carbocycles. The molecular formula is C16H23ClN2O3S. The van der Waals surface area contributed by atoms with Gasteiger partial charge >= 0.3 is 0 Å². The molecule has 5 nitrogen and oxygen atoms in total. The van der Waals surface area contributed by atoms with E-state index in [1.807, 2.05) is 13.8 Å². The zero-order valence-corrected chi connectivity index (χ0v) is 15.1. The van der Waals surface area contributed by atoms with Crippen LogP contribution in [0, 0.1) is 6.92 Å². The lowest BCUT2D eigenvalue weighted by atomic mass is 10.2. The van der Waals surface area contributed by atoms with Gasteiger partial charge in [0.15, 0.2) is 9.84 Å². The van der Waals surface area contributed by atoms with Crippen LogP contribution in [0.25, 0.3) is 0 Å². The van der Waals surface area contributed by atoms with Crippen molar-refractivity contribution in [3.8, 4) is 0 Å². The minimum absolute atomic E-state index is 0.0371. The Balaban J connectivity index is 1.87. The van der Waals surface area contributed by atoms with Crippen molar-refractivity contribution >= 4 is 33.0 Å². The number of nitrogens with one attached hydrogen (secondary N) is 1. The van der Waals surface area contributed by atoms with Gasteiger partial charge in [-0.1, -0.05) is 18.5 Å². The molecule has 7 heteroatoms. The Morgan fingerprint density at radius 2 is 2.17 bits per heavy atom. The molecule has 23 heavy (non-hydrogen) atoms. The Kier molecular flexibility index (Phi) is 6.06. The molecule has 0 bridgehead atoms. The highest BCUT2D eigenvalue weighted by molar-refractivity contribution is 7.91. The van der Waals surface area contributed by atoms with E-state index in [9.17, 15) is 13.2 Å². The van der Waals surface area contributed by atoms with E-state index in [0.717, 1.165) is 17.8 Å². The van der Waals surface area contributed by atoms with Gasteiger partial charge in [-0.2, -0.15) is 0 Å². The predicted molar refractivity (Wildman–Crippen MR) is 93.7 cm³/mol. The molecule has 0 aromatic heterocycles. The number of halogens is 1. The van der Waals surface area contributed by atoms with Crippen molar-refractivity contribution < 1.29 is 13.2 Å². The largest absolute Gasteiger partial charge is 0.326 e. The third-order valence-corrected chi connectivity index (χ3v) is 6.21. The summed E-state index contributed by atoms with van der Waals surface area (Å²) < 4.78 is 23.2. The number of hydrogen-bond acceptors (Lipinski definition) is 4. The van der Waals surface area contributed by atoms with Crippen LogP contribution in [0.4, 0.5) is 5.69 Å². The SMILES string of the molecule is CCN(CCC(=O)Nc1ccc(Cl)cc1C)C1CCS(=O)(=O)C1. The van der Waals surface area contributed by atoms with Crippen LogP contribution in [0.15, 0.2) is 18.2 Å². The van der Waals surface area contributed by atoms with Gasteiger partial charge in [0.1, 0.15) is 0 Å². The molecule has 1 saturated heterocycles. The summed E-state index contributed by atoms with van der Waals surface area (Å²) in [7, 11) is -2.90. The Hall–Kier alpha value is -1.11. The summed E-state index contributed by atoms with van der Waals surface area (Å²) in [5, 5.41) is 3.52. The second-order valence-electron chi connectivity index (χ2n) is 5.94. The van der Waals surface area contributed by atoms with E-state index in [1.165, 1.54) is 0 Å². The number of nitrogens with zero attached hydrogens (tertiary/aromatic N) is 1. The van der Waals surface area contributed by atoms with Gasteiger partial charge in [-0.15, -0.1) is 0 Å². The van der Waals surface area contributed by atoms with Gasteiger partial charge in [0.25, 0.3) is 0 Å². The van der Waals surface area contributed by atoms with Gasteiger partial charge in [-0.05, 0) is 43.7 Å². The molecule has 1 N–H and O–H groups in total. The zero-order valence-electron chi connectivity index (χ0n) is 13.5. The summed E-state index contributed by atoms with van der Waals surface area (Å²) in [5.74, 6) is 0.387. The van der Waals surface area contributed by atoms with Gasteiger partial charge in [-0.25, -0.2) is 8.42 Å². The summed E-state index contributed by atoms with van der Waals surface area (Å²) in [6, 6.07) is 5.37. The Labute approximate surface area is 142 Å². The first kappa shape index (κ1) is 18.2. The number of hydrogen-bond donors (Lipinski definition) is 1. The van der Waals surface area contributed by atoms with Crippen molar-refractivity contribution in [3.05, 3.63) is 28.8 Å². The maximum Gasteiger partial charge on any atom is 0.225 e. The van der Waals surface area contributed by atoms with E-state index in [-0.39, 0.29) is 23.5 Å². The normalized spacial score (nSPS) is 19.9. The van der Waals surface area contributed by atoms with E-state index in [0.29, 0.717) is 24.4 Å². The van der Waals surface area contributed by atoms with Crippen LogP contribution in [0.3, 0.4) is 0 Å². The first-order chi connectivity index (χ1) is 10.8. The molecule has 1 aliphatic heterocycles. The van der Waals surface area contributed by atoms with Crippen molar-refractivity contribution in [2.24, 2.45) is 0 Å². The molecule has 1 aromatic rings. The predicted octanol–water partition coefficient (Wildman–Crippen LogP) is 2.49. The summed E-state index contributed by atoms with van der Waals surface area (Å²) in [4.78, 5) is 14.2. The lowest BCUT2D eigenvalue weighted by Crippen LogP contribution is -2.38. The molecular weight excluding hydrogens is 336 g/mol. The molecule has 0 saturated carbocycles. The lowest BCUT2D eigenvalue weighted by Gasteiger charge is -2.26. The molecule has 1 fully saturated rings. The van der Waals surface area contributed by atoms with Crippen LogP contribution in [-0.2, 0) is 14.6 Å². The average molecular weight is 359 g/mol. The number of rotatable bonds is 6. The van der Waals surface area contributed by atoms with Crippen LogP contribution < -0.4 is 5.32 Å². The number of aryl methyl sites for hydroxylation is 1. The highest BCUT2D eigenvalue weighted by Gasteiger charge is 2.31. The number of carbonyl (C=O) groups excluding carboxylic acids is 1. The molecule has 0 radical (unpaired) electrons. The van der Waals surface area contributed by atoms with E-state index in [2.05, 4.69) is 10.2 Å². The molecule has 0 aliphatic carbocycles. The fourth-order valence-electron chi connectivity index (χ4n) is 2.89. The van der Waals surface area contributed by atoms with Crippen molar-refractivity contribution in [1.82, 2.24) is 4.90 Å². The smallest absolute Gasteiger partial charge is 0.225 e. The number of amides is 1. The van der Waals surface area contributed by atoms with Crippen molar-refractivity contribution in [3.63, 3.8) is 0 Å². The van der Waals surface area contributed by atoms with E-state index >= 15 is 0 Å². The summed E-state index contributed by atoms with van der Waals surface area (Å²) in [6.07, 6.45) is 1.00. The van der Waals surface area contributed by atoms with Crippen LogP contribution in [0.2, 0.25) is 5.02 Å². The van der Waals surface area contributed by atoms with Crippen LogP contribution in [-0.4, -0.2) is 49.9 Å². The minimum Gasteiger partial charge on any atom is -0.326 e. The molecule has 2 rings (SSSR count). The van der Waals surface area contributed by atoms with Crippen molar-refractivity contribution in [1.29, 1.82) is 0 Å². The summed E-state index contributed by atoms with van der Waals surface area (Å²) in [6.45, 7) is 5.19. The van der Waals surface area contributed by atoms with Gasteiger partial charge in [-0.3, -0.25) is 9.69 Å². The minimum atomic E-state index is -2.90. The van der Waals surface area contributed by atoms with Gasteiger partial charge in [0.05, 0.1) is 11.5 Å². The summed E-state index contributed by atoms with van der Waals surface area (Å²) in [5.41, 5.74) is 1.67. The van der Waals surface area contributed by atoms with Crippen LogP contribution in [0.1, 0.15) is 25.3 Å². The maximum atomic E-state index is 12.1. The van der Waals surface area contributed by atoms with Crippen LogP contribution >= 0.6 is 11.6 Å². The maximum absolute atomic E-state index is 12.1. The molecule has 128 valence electrons. The Morgan fingerprint density at radius 1 is 1.43 bits per heavy atom. The van der Waals surface area contributed by atoms with Crippen molar-refractivity contribution in [2.45, 2.75) is 32.7 Å². The molecule has 1 aliphatic rings. The van der Waals surface area contributed by atoms with Gasteiger partial charge in [0, 0.05) is 29.7 Å². The Morgan fingerprint density at radius 3 is 2.74 bits per heavy atom. The van der Waals surface area contributed by atoms with Gasteiger partial charge < -0.3 is 5.32 Å². The van der Waals surface area contributed by atoms with Crippen molar-refractivity contribution in [2.75, 3.05) is 29.9 Å². The second-order valence-corrected chi connectivity index (χ2v) is 8.61. The number of sulfone groups is 1. The number of carbonyl (C=O) groups is 1. The first-order valence-corrected chi connectivity index (χ1v) is 10.0. The topological polar surface area (TPSA) is 66.5 Å². The van der Waals surface area contributed by atoms with Crippen LogP contribution in [0.5, 0.6) is 0 Å². The van der Waals surface area contributed by atoms with E-state index in [4.69, 9.17) is 11.6 Å². The number of benzene rings is 1. The highest BCUT2D eigenvalue weighted by Crippen LogP contribution is 2.20. The zero-order chi connectivity index (χ0) is 17.0. The molecule has 1 unspecified atom stereocenters. The molecule has 1 amide bonds. The number of anilines is 1. The third-order valence-electron chi connectivity index (χ3n) is 4.22. The highest BCUT2D eigenvalue weighted by atomic mass is 35.5. The monoisotopic (exact) mass is 358 g/mol. The first-order valence-electron chi connectivity index (χ1n) is 7.81. The summed E-state index contributed by atoms with van der Waals surface area (Å²) >= 11 is 5.90. The standard InChI is InChI=1S/C16H23ClN2O3S/c1-3-19(14-7-9-23(21,22)11-14)8-6-16(20)18-15-5-4-13(17)10-12(15)2/h4-5,10,14H,3,6-9,11H2,1-2H3,(H,18,20). The third kappa shape index (κ3) is 5.19. The second kappa shape index (κ2) is 7.64. The molecule has 1 atom stereocenters. The van der Waals surface area contributed by atoms with Gasteiger partial charge in [0.2, 0.25) is 5.91 Å². The fourth-order valence-corrected chi connectivity index (χ4v) is 4.88. The van der Waals surface area contributed by atoms with E-state index < -0.39 is 9.84 Å². The average Bonchev–Trinajstić information content (AvgIpc) is 2.83. The quantitative estimate of drug-likeness (QED) is 0.848. The van der Waals surface area contributed by atoms with E-state index in [1.54, 1.807) is 18.2 Å². The Bertz CT molecular complexity index is 676. The fraction of sp³-hybridized carbons (Fsp3) is 0.562. The molecule has 1 heterocycles.